The molecule has 0 fully saturated rings. The van der Waals surface area contributed by atoms with Gasteiger partial charge in [0.25, 0.3) is 5.56 Å². The van der Waals surface area contributed by atoms with Gasteiger partial charge in [-0.25, -0.2) is 4.40 Å². The lowest BCUT2D eigenvalue weighted by Crippen LogP contribution is -2.11. The standard InChI is InChI=1S/C10H6BrN3O2/c11-7-5-4-6(16-7)10-13-12-8-2-1-3-9(15)14(8)10/h1-5,12H. The lowest BCUT2D eigenvalue weighted by atomic mass is 10.4. The van der Waals surface area contributed by atoms with Gasteiger partial charge in [-0.3, -0.25) is 9.89 Å². The Kier molecular flexibility index (Phi) is 1.97. The highest BCUT2D eigenvalue weighted by atomic mass is 79.9. The van der Waals surface area contributed by atoms with Crippen molar-refractivity contribution in [1.82, 2.24) is 14.6 Å². The van der Waals surface area contributed by atoms with Crippen molar-refractivity contribution in [1.29, 1.82) is 0 Å². The molecule has 0 saturated heterocycles. The van der Waals surface area contributed by atoms with E-state index in [4.69, 9.17) is 4.42 Å². The lowest BCUT2D eigenvalue weighted by Gasteiger charge is -1.93. The van der Waals surface area contributed by atoms with Gasteiger partial charge in [-0.05, 0) is 34.1 Å². The summed E-state index contributed by atoms with van der Waals surface area (Å²) in [5.74, 6) is 0.998. The molecule has 0 aliphatic carbocycles. The zero-order valence-electron chi connectivity index (χ0n) is 7.98. The molecule has 0 spiro atoms. The smallest absolute Gasteiger partial charge is 0.258 e. The fourth-order valence-electron chi connectivity index (χ4n) is 1.56. The summed E-state index contributed by atoms with van der Waals surface area (Å²) >= 11 is 3.21. The van der Waals surface area contributed by atoms with E-state index in [-0.39, 0.29) is 5.56 Å². The molecule has 0 unspecified atom stereocenters. The first-order valence-electron chi connectivity index (χ1n) is 4.57. The number of fused-ring (bicyclic) bond motifs is 1. The number of furan rings is 1. The van der Waals surface area contributed by atoms with Crippen molar-refractivity contribution in [2.45, 2.75) is 0 Å². The van der Waals surface area contributed by atoms with Crippen LogP contribution in [0.1, 0.15) is 0 Å². The molecule has 16 heavy (non-hydrogen) atoms. The van der Waals surface area contributed by atoms with Crippen LogP contribution < -0.4 is 5.56 Å². The number of nitrogens with zero attached hydrogens (tertiary/aromatic N) is 2. The second-order valence-electron chi connectivity index (χ2n) is 3.24. The van der Waals surface area contributed by atoms with Crippen molar-refractivity contribution in [2.75, 3.05) is 0 Å². The largest absolute Gasteiger partial charge is 0.446 e. The SMILES string of the molecule is O=c1cccc2[nH]nc(-c3ccc(Br)o3)n12. The average molecular weight is 280 g/mol. The Morgan fingerprint density at radius 3 is 2.94 bits per heavy atom. The minimum absolute atomic E-state index is 0.145. The summed E-state index contributed by atoms with van der Waals surface area (Å²) in [6, 6.07) is 8.43. The molecule has 0 atom stereocenters. The van der Waals surface area contributed by atoms with Gasteiger partial charge in [0, 0.05) is 6.07 Å². The molecule has 3 heterocycles. The Morgan fingerprint density at radius 1 is 1.31 bits per heavy atom. The molecule has 0 aliphatic rings. The predicted molar refractivity (Wildman–Crippen MR) is 61.2 cm³/mol. The topological polar surface area (TPSA) is 63.3 Å². The zero-order valence-corrected chi connectivity index (χ0v) is 9.56. The van der Waals surface area contributed by atoms with Crippen LogP contribution in [0.15, 0.2) is 44.2 Å². The number of aromatic nitrogens is 3. The highest BCUT2D eigenvalue weighted by Gasteiger charge is 2.12. The molecule has 3 aromatic heterocycles. The van der Waals surface area contributed by atoms with Crippen LogP contribution in [-0.2, 0) is 0 Å². The normalized spacial score (nSPS) is 11.1. The highest BCUT2D eigenvalue weighted by molar-refractivity contribution is 9.10. The number of rotatable bonds is 1. The lowest BCUT2D eigenvalue weighted by molar-refractivity contribution is 0.550. The van der Waals surface area contributed by atoms with Gasteiger partial charge in [-0.1, -0.05) is 6.07 Å². The third kappa shape index (κ3) is 1.30. The van der Waals surface area contributed by atoms with E-state index in [9.17, 15) is 4.79 Å². The zero-order chi connectivity index (χ0) is 11.1. The second kappa shape index (κ2) is 3.34. The molecule has 0 aromatic carbocycles. The number of pyridine rings is 1. The molecule has 0 bridgehead atoms. The van der Waals surface area contributed by atoms with Gasteiger partial charge in [-0.2, -0.15) is 5.10 Å². The van der Waals surface area contributed by atoms with Crippen molar-refractivity contribution in [3.63, 3.8) is 0 Å². The van der Waals surface area contributed by atoms with Gasteiger partial charge < -0.3 is 4.42 Å². The maximum Gasteiger partial charge on any atom is 0.258 e. The molecule has 3 rings (SSSR count). The minimum Gasteiger partial charge on any atom is -0.446 e. The van der Waals surface area contributed by atoms with Gasteiger partial charge in [0.1, 0.15) is 5.65 Å². The molecule has 0 aliphatic heterocycles. The maximum atomic E-state index is 11.7. The van der Waals surface area contributed by atoms with Crippen molar-refractivity contribution >= 4 is 21.6 Å². The summed E-state index contributed by atoms with van der Waals surface area (Å²) in [6.45, 7) is 0. The fraction of sp³-hybridized carbons (Fsp3) is 0. The van der Waals surface area contributed by atoms with E-state index in [1.165, 1.54) is 10.5 Å². The van der Waals surface area contributed by atoms with Gasteiger partial charge in [0.2, 0.25) is 5.82 Å². The van der Waals surface area contributed by atoms with Crippen molar-refractivity contribution in [2.24, 2.45) is 0 Å². The van der Waals surface area contributed by atoms with Crippen molar-refractivity contribution in [3.8, 4) is 11.6 Å². The molecule has 80 valence electrons. The maximum absolute atomic E-state index is 11.7. The van der Waals surface area contributed by atoms with Crippen molar-refractivity contribution < 1.29 is 4.42 Å². The van der Waals surface area contributed by atoms with Gasteiger partial charge in [0.15, 0.2) is 10.4 Å². The first-order chi connectivity index (χ1) is 7.75. The molecule has 5 nitrogen and oxygen atoms in total. The van der Waals surface area contributed by atoms with E-state index in [0.29, 0.717) is 21.9 Å². The quantitative estimate of drug-likeness (QED) is 0.742. The van der Waals surface area contributed by atoms with E-state index in [1.54, 1.807) is 24.3 Å². The number of hydrogen-bond donors (Lipinski definition) is 1. The summed E-state index contributed by atoms with van der Waals surface area (Å²) < 4.78 is 7.43. The molecular weight excluding hydrogens is 274 g/mol. The monoisotopic (exact) mass is 279 g/mol. The van der Waals surface area contributed by atoms with E-state index >= 15 is 0 Å². The van der Waals surface area contributed by atoms with E-state index in [0.717, 1.165) is 0 Å². The van der Waals surface area contributed by atoms with Crippen molar-refractivity contribution in [3.05, 3.63) is 45.4 Å². The second-order valence-corrected chi connectivity index (χ2v) is 4.02. The van der Waals surface area contributed by atoms with E-state index in [2.05, 4.69) is 26.1 Å². The van der Waals surface area contributed by atoms with Crippen LogP contribution in [0.25, 0.3) is 17.2 Å². The Labute approximate surface area is 97.8 Å². The fourth-order valence-corrected chi connectivity index (χ4v) is 1.86. The molecule has 6 heteroatoms. The number of aromatic amines is 1. The molecule has 0 saturated carbocycles. The Hall–Kier alpha value is -1.82. The molecule has 3 aromatic rings. The van der Waals surface area contributed by atoms with Crippen LogP contribution in [0.3, 0.4) is 0 Å². The van der Waals surface area contributed by atoms with Crippen LogP contribution in [0.4, 0.5) is 0 Å². The molecular formula is C10H6BrN3O2. The summed E-state index contributed by atoms with van der Waals surface area (Å²) in [4.78, 5) is 11.7. The minimum atomic E-state index is -0.145. The number of hydrogen-bond acceptors (Lipinski definition) is 3. The van der Waals surface area contributed by atoms with E-state index < -0.39 is 0 Å². The summed E-state index contributed by atoms with van der Waals surface area (Å²) in [6.07, 6.45) is 0. The van der Waals surface area contributed by atoms with Gasteiger partial charge >= 0.3 is 0 Å². The van der Waals surface area contributed by atoms with Crippen LogP contribution in [0, 0.1) is 0 Å². The average Bonchev–Trinajstić information content (AvgIpc) is 2.84. The van der Waals surface area contributed by atoms with Crippen LogP contribution in [0.2, 0.25) is 0 Å². The first-order valence-corrected chi connectivity index (χ1v) is 5.37. The van der Waals surface area contributed by atoms with Gasteiger partial charge in [-0.15, -0.1) is 0 Å². The third-order valence-corrected chi connectivity index (χ3v) is 2.66. The predicted octanol–water partition coefficient (Wildman–Crippen LogP) is 2.05. The Bertz CT molecular complexity index is 710. The third-order valence-electron chi connectivity index (χ3n) is 2.24. The summed E-state index contributed by atoms with van der Waals surface area (Å²) in [5.41, 5.74) is 0.490. The first kappa shape index (κ1) is 9.41. The van der Waals surface area contributed by atoms with Crippen LogP contribution in [-0.4, -0.2) is 14.6 Å². The number of H-pyrrole nitrogens is 1. The van der Waals surface area contributed by atoms with Crippen LogP contribution in [0.5, 0.6) is 0 Å². The molecule has 0 amide bonds. The molecule has 1 N–H and O–H groups in total. The number of halogens is 1. The summed E-state index contributed by atoms with van der Waals surface area (Å²) in [7, 11) is 0. The van der Waals surface area contributed by atoms with Gasteiger partial charge in [0.05, 0.1) is 0 Å². The molecule has 0 radical (unpaired) electrons. The van der Waals surface area contributed by atoms with Crippen LogP contribution >= 0.6 is 15.9 Å². The van der Waals surface area contributed by atoms with E-state index in [1.807, 2.05) is 0 Å². The number of nitrogens with one attached hydrogen (secondary N) is 1. The Morgan fingerprint density at radius 2 is 2.19 bits per heavy atom. The summed E-state index contributed by atoms with van der Waals surface area (Å²) in [5, 5.41) is 6.84. The Balaban J connectivity index is 2.37. The highest BCUT2D eigenvalue weighted by Crippen LogP contribution is 2.22.